The van der Waals surface area contributed by atoms with Gasteiger partial charge < -0.3 is 24.8 Å². The molecule has 2 unspecified atom stereocenters. The Kier molecular flexibility index (Phi) is 7.41. The Bertz CT molecular complexity index is 614. The van der Waals surface area contributed by atoms with Crippen LogP contribution in [-0.4, -0.2) is 39.3 Å². The number of fused-ring (bicyclic) bond motifs is 2. The van der Waals surface area contributed by atoms with Crippen LogP contribution < -0.4 is 24.8 Å². The molecule has 0 aliphatic carbocycles. The largest absolute Gasteiger partial charge is 0.496 e. The monoisotopic (exact) mass is 384 g/mol. The van der Waals surface area contributed by atoms with Crippen molar-refractivity contribution in [3.63, 3.8) is 0 Å². The van der Waals surface area contributed by atoms with E-state index < -0.39 is 0 Å². The zero-order chi connectivity index (χ0) is 17.8. The van der Waals surface area contributed by atoms with E-state index in [1.165, 1.54) is 12.8 Å². The van der Waals surface area contributed by atoms with Gasteiger partial charge in [-0.3, -0.25) is 4.79 Å². The number of halogens is 1. The summed E-state index contributed by atoms with van der Waals surface area (Å²) in [6, 6.07) is 4.86. The molecule has 146 valence electrons. The van der Waals surface area contributed by atoms with Gasteiger partial charge in [-0.1, -0.05) is 0 Å². The number of nitrogens with one attached hydrogen (secondary N) is 2. The van der Waals surface area contributed by atoms with Gasteiger partial charge in [0.25, 0.3) is 0 Å². The van der Waals surface area contributed by atoms with E-state index in [0.29, 0.717) is 48.2 Å². The van der Waals surface area contributed by atoms with E-state index in [1.807, 2.05) is 6.07 Å². The molecule has 1 aromatic carbocycles. The number of ether oxygens (including phenoxy) is 3. The summed E-state index contributed by atoms with van der Waals surface area (Å²) in [4.78, 5) is 12.4. The van der Waals surface area contributed by atoms with E-state index in [4.69, 9.17) is 14.2 Å². The topological polar surface area (TPSA) is 68.8 Å². The fourth-order valence-electron chi connectivity index (χ4n) is 4.10. The Morgan fingerprint density at radius 3 is 2.19 bits per heavy atom. The minimum Gasteiger partial charge on any atom is -0.496 e. The molecule has 1 amide bonds. The highest BCUT2D eigenvalue weighted by molar-refractivity contribution is 5.85. The molecule has 2 atom stereocenters. The van der Waals surface area contributed by atoms with Crippen molar-refractivity contribution in [3.05, 3.63) is 17.7 Å². The molecule has 2 saturated heterocycles. The third-order valence-electron chi connectivity index (χ3n) is 5.31. The second-order valence-corrected chi connectivity index (χ2v) is 6.98. The molecule has 0 aromatic heterocycles. The molecule has 2 aliphatic rings. The van der Waals surface area contributed by atoms with Gasteiger partial charge in [-0.05, 0) is 37.7 Å². The van der Waals surface area contributed by atoms with Crippen LogP contribution in [0.3, 0.4) is 0 Å². The van der Waals surface area contributed by atoms with Crippen LogP contribution in [0.15, 0.2) is 12.1 Å². The lowest BCUT2D eigenvalue weighted by molar-refractivity contribution is -0.122. The second kappa shape index (κ2) is 9.33. The first-order chi connectivity index (χ1) is 12.1. The molecule has 2 N–H and O–H groups in total. The van der Waals surface area contributed by atoms with Crippen molar-refractivity contribution in [2.24, 2.45) is 5.92 Å². The summed E-state index contributed by atoms with van der Waals surface area (Å²) in [5, 5.41) is 6.64. The number of benzene rings is 1. The normalized spacial score (nSPS) is 23.7. The third-order valence-corrected chi connectivity index (χ3v) is 5.31. The highest BCUT2D eigenvalue weighted by Crippen LogP contribution is 2.35. The molecular weight excluding hydrogens is 356 g/mol. The van der Waals surface area contributed by atoms with Gasteiger partial charge in [-0.25, -0.2) is 0 Å². The van der Waals surface area contributed by atoms with Crippen LogP contribution in [0.2, 0.25) is 0 Å². The van der Waals surface area contributed by atoms with Crippen molar-refractivity contribution in [1.29, 1.82) is 0 Å². The number of amides is 1. The van der Waals surface area contributed by atoms with E-state index in [2.05, 4.69) is 10.6 Å². The summed E-state index contributed by atoms with van der Waals surface area (Å²) in [6.45, 7) is 0.417. The van der Waals surface area contributed by atoms with E-state index in [1.54, 1.807) is 27.4 Å². The number of methoxy groups -OCH3 is 3. The van der Waals surface area contributed by atoms with Gasteiger partial charge in [-0.2, -0.15) is 0 Å². The average Bonchev–Trinajstić information content (AvgIpc) is 2.97. The van der Waals surface area contributed by atoms with Gasteiger partial charge in [0, 0.05) is 36.7 Å². The number of rotatable bonds is 7. The van der Waals surface area contributed by atoms with Gasteiger partial charge in [0.2, 0.25) is 5.91 Å². The van der Waals surface area contributed by atoms with Crippen LogP contribution in [0.25, 0.3) is 0 Å². The summed E-state index contributed by atoms with van der Waals surface area (Å²) in [5.74, 6) is 2.51. The predicted octanol–water partition coefficient (Wildman–Crippen LogP) is 2.67. The van der Waals surface area contributed by atoms with Crippen LogP contribution in [-0.2, 0) is 11.3 Å². The Hall–Kier alpha value is -1.66. The fourth-order valence-corrected chi connectivity index (χ4v) is 4.10. The maximum Gasteiger partial charge on any atom is 0.220 e. The number of hydrogen-bond acceptors (Lipinski definition) is 5. The number of piperidine rings is 1. The van der Waals surface area contributed by atoms with E-state index in [-0.39, 0.29) is 18.3 Å². The smallest absolute Gasteiger partial charge is 0.220 e. The Balaban J connectivity index is 0.00000243. The molecule has 1 aromatic rings. The van der Waals surface area contributed by atoms with E-state index >= 15 is 0 Å². The van der Waals surface area contributed by atoms with E-state index in [9.17, 15) is 4.79 Å². The lowest BCUT2D eigenvalue weighted by atomic mass is 9.89. The molecule has 3 rings (SSSR count). The second-order valence-electron chi connectivity index (χ2n) is 6.98. The van der Waals surface area contributed by atoms with Crippen molar-refractivity contribution < 1.29 is 19.0 Å². The van der Waals surface area contributed by atoms with Crippen LogP contribution in [0.5, 0.6) is 17.2 Å². The van der Waals surface area contributed by atoms with Crippen LogP contribution >= 0.6 is 12.4 Å². The Morgan fingerprint density at radius 1 is 1.04 bits per heavy atom. The SMILES string of the molecule is COc1cc(OC)c(OC)cc1CNC(=O)CC1CC2CCC(C1)N2.Cl. The summed E-state index contributed by atoms with van der Waals surface area (Å²) >= 11 is 0. The lowest BCUT2D eigenvalue weighted by Gasteiger charge is -2.28. The van der Waals surface area contributed by atoms with Gasteiger partial charge >= 0.3 is 0 Å². The first-order valence-electron chi connectivity index (χ1n) is 8.94. The first kappa shape index (κ1) is 20.6. The van der Waals surface area contributed by atoms with Crippen molar-refractivity contribution in [3.8, 4) is 17.2 Å². The van der Waals surface area contributed by atoms with Gasteiger partial charge in [0.15, 0.2) is 11.5 Å². The fraction of sp³-hybridized carbons (Fsp3) is 0.632. The first-order valence-corrected chi connectivity index (χ1v) is 8.94. The third kappa shape index (κ3) is 4.74. The van der Waals surface area contributed by atoms with Crippen LogP contribution in [0.4, 0.5) is 0 Å². The molecule has 0 spiro atoms. The molecule has 7 heteroatoms. The van der Waals surface area contributed by atoms with Crippen molar-refractivity contribution in [1.82, 2.24) is 10.6 Å². The Morgan fingerprint density at radius 2 is 1.62 bits per heavy atom. The molecule has 2 heterocycles. The minimum absolute atomic E-state index is 0. The number of hydrogen-bond donors (Lipinski definition) is 2. The van der Waals surface area contributed by atoms with Gasteiger partial charge in [0.05, 0.1) is 21.3 Å². The Labute approximate surface area is 161 Å². The maximum absolute atomic E-state index is 12.4. The molecular formula is C19H29ClN2O4. The molecule has 2 aliphatic heterocycles. The van der Waals surface area contributed by atoms with Gasteiger partial charge in [0.1, 0.15) is 5.75 Å². The zero-order valence-electron chi connectivity index (χ0n) is 15.7. The minimum atomic E-state index is 0. The number of carbonyl (C=O) groups excluding carboxylic acids is 1. The highest BCUT2D eigenvalue weighted by atomic mass is 35.5. The van der Waals surface area contributed by atoms with Crippen molar-refractivity contribution >= 4 is 18.3 Å². The zero-order valence-corrected chi connectivity index (χ0v) is 16.5. The summed E-state index contributed by atoms with van der Waals surface area (Å²) in [5.41, 5.74) is 0.874. The lowest BCUT2D eigenvalue weighted by Crippen LogP contribution is -2.39. The molecule has 0 saturated carbocycles. The highest BCUT2D eigenvalue weighted by Gasteiger charge is 2.34. The molecule has 0 radical (unpaired) electrons. The standard InChI is InChI=1S/C19H28N2O4.ClH/c1-23-16-10-18(25-3)17(24-2)9-13(16)11-20-19(22)8-12-6-14-4-5-15(7-12)21-14;/h9-10,12,14-15,21H,4-8,11H2,1-3H3,(H,20,22);1H. The quantitative estimate of drug-likeness (QED) is 0.756. The van der Waals surface area contributed by atoms with Crippen molar-refractivity contribution in [2.45, 2.75) is 50.7 Å². The van der Waals surface area contributed by atoms with Gasteiger partial charge in [-0.15, -0.1) is 12.4 Å². The predicted molar refractivity (Wildman–Crippen MR) is 102 cm³/mol. The summed E-state index contributed by atoms with van der Waals surface area (Å²) in [7, 11) is 4.79. The molecule has 6 nitrogen and oxygen atoms in total. The molecule has 2 bridgehead atoms. The van der Waals surface area contributed by atoms with Crippen LogP contribution in [0, 0.1) is 5.92 Å². The summed E-state index contributed by atoms with van der Waals surface area (Å²) < 4.78 is 16.0. The summed E-state index contributed by atoms with van der Waals surface area (Å²) in [6.07, 6.45) is 5.34. The van der Waals surface area contributed by atoms with Crippen molar-refractivity contribution in [2.75, 3.05) is 21.3 Å². The molecule has 26 heavy (non-hydrogen) atoms. The average molecular weight is 385 g/mol. The molecule has 2 fully saturated rings. The van der Waals surface area contributed by atoms with Crippen LogP contribution in [0.1, 0.15) is 37.7 Å². The number of carbonyl (C=O) groups is 1. The maximum atomic E-state index is 12.4. The van der Waals surface area contributed by atoms with E-state index in [0.717, 1.165) is 18.4 Å².